The molecule has 5 heteroatoms. The summed E-state index contributed by atoms with van der Waals surface area (Å²) in [5.41, 5.74) is 5.52. The molecule has 0 saturated heterocycles. The number of nitrogen functional groups attached to an aromatic ring is 1. The van der Waals surface area contributed by atoms with Crippen LogP contribution in [0.25, 0.3) is 0 Å². The molecular weight excluding hydrogens is 206 g/mol. The minimum absolute atomic E-state index is 0.164. The summed E-state index contributed by atoms with van der Waals surface area (Å²) in [6.45, 7) is 4.93. The van der Waals surface area contributed by atoms with Crippen LogP contribution in [-0.2, 0) is 0 Å². The number of hydrogen-bond donors (Lipinski definition) is 1. The van der Waals surface area contributed by atoms with Gasteiger partial charge in [0.15, 0.2) is 0 Å². The molecule has 0 spiro atoms. The molecule has 1 atom stereocenters. The fourth-order valence-corrected chi connectivity index (χ4v) is 1.40. The molecule has 1 rings (SSSR count). The summed E-state index contributed by atoms with van der Waals surface area (Å²) in [5.74, 6) is 1.56. The first-order valence-corrected chi connectivity index (χ1v) is 5.47. The molecule has 1 unspecified atom stereocenters. The summed E-state index contributed by atoms with van der Waals surface area (Å²) in [6, 6.07) is 1.63. The van der Waals surface area contributed by atoms with Crippen LogP contribution < -0.4 is 15.2 Å². The SMILES string of the molecule is CCCC(C)COc1cc(OC)nc(N)n1. The Bertz CT molecular complexity index is 331. The highest BCUT2D eigenvalue weighted by Crippen LogP contribution is 2.17. The zero-order valence-electron chi connectivity index (χ0n) is 10.1. The number of nitrogens with two attached hydrogens (primary N) is 1. The van der Waals surface area contributed by atoms with Gasteiger partial charge in [-0.2, -0.15) is 9.97 Å². The predicted octanol–water partition coefficient (Wildman–Crippen LogP) is 1.88. The summed E-state index contributed by atoms with van der Waals surface area (Å²) in [5, 5.41) is 0. The fourth-order valence-electron chi connectivity index (χ4n) is 1.40. The molecule has 16 heavy (non-hydrogen) atoms. The van der Waals surface area contributed by atoms with E-state index in [1.807, 2.05) is 0 Å². The molecule has 1 aromatic heterocycles. The van der Waals surface area contributed by atoms with E-state index in [-0.39, 0.29) is 5.95 Å². The highest BCUT2D eigenvalue weighted by molar-refractivity contribution is 5.29. The van der Waals surface area contributed by atoms with Crippen LogP contribution in [0.3, 0.4) is 0 Å². The third-order valence-electron chi connectivity index (χ3n) is 2.20. The molecule has 0 fully saturated rings. The van der Waals surface area contributed by atoms with Crippen molar-refractivity contribution < 1.29 is 9.47 Å². The van der Waals surface area contributed by atoms with Crippen molar-refractivity contribution in [2.45, 2.75) is 26.7 Å². The standard InChI is InChI=1S/C11H19N3O2/c1-4-5-8(2)7-16-10-6-9(15-3)13-11(12)14-10/h6,8H,4-5,7H2,1-3H3,(H2,12,13,14). The van der Waals surface area contributed by atoms with E-state index in [0.717, 1.165) is 12.8 Å². The Morgan fingerprint density at radius 3 is 2.69 bits per heavy atom. The van der Waals surface area contributed by atoms with Crippen molar-refractivity contribution in [3.63, 3.8) is 0 Å². The topological polar surface area (TPSA) is 70.3 Å². The molecule has 0 radical (unpaired) electrons. The van der Waals surface area contributed by atoms with Crippen molar-refractivity contribution >= 4 is 5.95 Å². The van der Waals surface area contributed by atoms with E-state index in [0.29, 0.717) is 24.3 Å². The minimum Gasteiger partial charge on any atom is -0.481 e. The molecular formula is C11H19N3O2. The summed E-state index contributed by atoms with van der Waals surface area (Å²) in [7, 11) is 1.53. The average molecular weight is 225 g/mol. The van der Waals surface area contributed by atoms with Crippen LogP contribution in [0.2, 0.25) is 0 Å². The lowest BCUT2D eigenvalue weighted by molar-refractivity contribution is 0.241. The van der Waals surface area contributed by atoms with E-state index in [1.54, 1.807) is 6.07 Å². The largest absolute Gasteiger partial charge is 0.481 e. The molecule has 0 bridgehead atoms. The molecule has 0 aromatic carbocycles. The summed E-state index contributed by atoms with van der Waals surface area (Å²) in [4.78, 5) is 7.86. The number of anilines is 1. The van der Waals surface area contributed by atoms with Crippen LogP contribution >= 0.6 is 0 Å². The van der Waals surface area contributed by atoms with Crippen LogP contribution in [0.4, 0.5) is 5.95 Å². The number of nitrogens with zero attached hydrogens (tertiary/aromatic N) is 2. The number of ether oxygens (including phenoxy) is 2. The fraction of sp³-hybridized carbons (Fsp3) is 0.636. The van der Waals surface area contributed by atoms with Gasteiger partial charge in [-0.05, 0) is 12.3 Å². The Hall–Kier alpha value is -1.52. The maximum Gasteiger partial charge on any atom is 0.226 e. The first kappa shape index (κ1) is 12.5. The second-order valence-electron chi connectivity index (χ2n) is 3.81. The highest BCUT2D eigenvalue weighted by Gasteiger charge is 2.06. The van der Waals surface area contributed by atoms with Gasteiger partial charge in [0.2, 0.25) is 17.7 Å². The summed E-state index contributed by atoms with van der Waals surface area (Å²) in [6.07, 6.45) is 2.29. The Balaban J connectivity index is 2.56. The van der Waals surface area contributed by atoms with Gasteiger partial charge >= 0.3 is 0 Å². The van der Waals surface area contributed by atoms with Crippen LogP contribution in [-0.4, -0.2) is 23.7 Å². The van der Waals surface area contributed by atoms with Crippen molar-refractivity contribution in [1.29, 1.82) is 0 Å². The molecule has 0 aliphatic carbocycles. The lowest BCUT2D eigenvalue weighted by Crippen LogP contribution is -2.10. The van der Waals surface area contributed by atoms with Crippen molar-refractivity contribution in [2.24, 2.45) is 5.92 Å². The number of methoxy groups -OCH3 is 1. The number of rotatable bonds is 6. The minimum atomic E-state index is 0.164. The van der Waals surface area contributed by atoms with Gasteiger partial charge in [0.1, 0.15) is 0 Å². The quantitative estimate of drug-likeness (QED) is 0.800. The van der Waals surface area contributed by atoms with Crippen molar-refractivity contribution in [3.05, 3.63) is 6.07 Å². The van der Waals surface area contributed by atoms with E-state index in [9.17, 15) is 0 Å². The zero-order valence-corrected chi connectivity index (χ0v) is 10.1. The first-order chi connectivity index (χ1) is 7.65. The Morgan fingerprint density at radius 1 is 1.38 bits per heavy atom. The van der Waals surface area contributed by atoms with Crippen molar-refractivity contribution in [2.75, 3.05) is 19.5 Å². The van der Waals surface area contributed by atoms with E-state index < -0.39 is 0 Å². The molecule has 1 aromatic rings. The van der Waals surface area contributed by atoms with Gasteiger partial charge in [-0.25, -0.2) is 0 Å². The van der Waals surface area contributed by atoms with E-state index in [4.69, 9.17) is 15.2 Å². The van der Waals surface area contributed by atoms with Crippen LogP contribution in [0.5, 0.6) is 11.8 Å². The monoisotopic (exact) mass is 225 g/mol. The molecule has 5 nitrogen and oxygen atoms in total. The van der Waals surface area contributed by atoms with Crippen molar-refractivity contribution in [3.8, 4) is 11.8 Å². The average Bonchev–Trinajstić information content (AvgIpc) is 2.26. The maximum absolute atomic E-state index is 5.53. The molecule has 2 N–H and O–H groups in total. The smallest absolute Gasteiger partial charge is 0.226 e. The molecule has 1 heterocycles. The van der Waals surface area contributed by atoms with Crippen LogP contribution in [0.1, 0.15) is 26.7 Å². The Labute approximate surface area is 96.0 Å². The second-order valence-corrected chi connectivity index (χ2v) is 3.81. The third kappa shape index (κ3) is 3.92. The molecule has 90 valence electrons. The van der Waals surface area contributed by atoms with Crippen LogP contribution in [0.15, 0.2) is 6.07 Å². The van der Waals surface area contributed by atoms with Gasteiger partial charge in [-0.15, -0.1) is 0 Å². The van der Waals surface area contributed by atoms with E-state index in [2.05, 4.69) is 23.8 Å². The molecule has 0 saturated carbocycles. The van der Waals surface area contributed by atoms with Gasteiger partial charge in [0.25, 0.3) is 0 Å². The highest BCUT2D eigenvalue weighted by atomic mass is 16.5. The Kier molecular flexibility index (Phi) is 4.82. The van der Waals surface area contributed by atoms with Crippen molar-refractivity contribution in [1.82, 2.24) is 9.97 Å². The molecule has 0 aliphatic heterocycles. The number of aromatic nitrogens is 2. The lowest BCUT2D eigenvalue weighted by atomic mass is 10.1. The van der Waals surface area contributed by atoms with Crippen LogP contribution in [0, 0.1) is 5.92 Å². The van der Waals surface area contributed by atoms with E-state index in [1.165, 1.54) is 7.11 Å². The second kappa shape index (κ2) is 6.15. The summed E-state index contributed by atoms with van der Waals surface area (Å²) < 4.78 is 10.5. The zero-order chi connectivity index (χ0) is 12.0. The van der Waals surface area contributed by atoms with Gasteiger partial charge in [-0.3, -0.25) is 0 Å². The number of hydrogen-bond acceptors (Lipinski definition) is 5. The third-order valence-corrected chi connectivity index (χ3v) is 2.20. The summed E-state index contributed by atoms with van der Waals surface area (Å²) >= 11 is 0. The molecule has 0 aliphatic rings. The Morgan fingerprint density at radius 2 is 2.06 bits per heavy atom. The molecule has 0 amide bonds. The van der Waals surface area contributed by atoms with E-state index >= 15 is 0 Å². The lowest BCUT2D eigenvalue weighted by Gasteiger charge is -2.11. The van der Waals surface area contributed by atoms with Gasteiger partial charge in [0.05, 0.1) is 19.8 Å². The van der Waals surface area contributed by atoms with Gasteiger partial charge < -0.3 is 15.2 Å². The van der Waals surface area contributed by atoms with Gasteiger partial charge in [-0.1, -0.05) is 20.3 Å². The normalized spacial score (nSPS) is 12.2. The van der Waals surface area contributed by atoms with Gasteiger partial charge in [0, 0.05) is 0 Å². The maximum atomic E-state index is 5.53. The first-order valence-electron chi connectivity index (χ1n) is 5.47. The predicted molar refractivity (Wildman–Crippen MR) is 62.6 cm³/mol.